The quantitative estimate of drug-likeness (QED) is 0.232. The number of hydrogen-bond acceptors (Lipinski definition) is 9. The molecule has 1 atom stereocenters. The van der Waals surface area contributed by atoms with E-state index in [0.29, 0.717) is 56.8 Å². The minimum atomic E-state index is -0.132. The third-order valence-corrected chi connectivity index (χ3v) is 7.07. The Morgan fingerprint density at radius 1 is 1.21 bits per heavy atom. The van der Waals surface area contributed by atoms with E-state index in [1.807, 2.05) is 13.1 Å². The first-order valence-electron chi connectivity index (χ1n) is 12.7. The van der Waals surface area contributed by atoms with Gasteiger partial charge in [0.25, 0.3) is 0 Å². The van der Waals surface area contributed by atoms with Crippen molar-refractivity contribution in [1.82, 2.24) is 39.3 Å². The molecule has 5 heterocycles. The maximum Gasteiger partial charge on any atom is 0.233 e. The van der Waals surface area contributed by atoms with Crippen molar-refractivity contribution >= 4 is 45.9 Å². The van der Waals surface area contributed by atoms with Gasteiger partial charge in [-0.3, -0.25) is 0 Å². The fourth-order valence-corrected chi connectivity index (χ4v) is 4.80. The van der Waals surface area contributed by atoms with Crippen molar-refractivity contribution in [3.63, 3.8) is 0 Å². The normalized spacial score (nSPS) is 17.4. The molecule has 4 aromatic rings. The summed E-state index contributed by atoms with van der Waals surface area (Å²) in [6.07, 6.45) is 9.55. The summed E-state index contributed by atoms with van der Waals surface area (Å²) in [6.45, 7) is 8.52. The van der Waals surface area contributed by atoms with Gasteiger partial charge in [-0.2, -0.15) is 15.1 Å². The molecule has 4 aromatic heterocycles. The first-order valence-corrected chi connectivity index (χ1v) is 13.1. The third kappa shape index (κ3) is 5.48. The van der Waals surface area contributed by atoms with E-state index in [0.717, 1.165) is 25.2 Å². The average molecular weight is 552 g/mol. The molecule has 12 nitrogen and oxygen atoms in total. The fraction of sp³-hybridized carbons (Fsp3) is 0.423. The van der Waals surface area contributed by atoms with Gasteiger partial charge < -0.3 is 30.6 Å². The van der Waals surface area contributed by atoms with Gasteiger partial charge in [0, 0.05) is 37.8 Å². The molecule has 0 saturated carbocycles. The van der Waals surface area contributed by atoms with Crippen molar-refractivity contribution in [1.29, 1.82) is 0 Å². The molecule has 0 bridgehead atoms. The van der Waals surface area contributed by atoms with Crippen molar-refractivity contribution in [3.05, 3.63) is 41.6 Å². The second-order valence-corrected chi connectivity index (χ2v) is 11.2. The minimum Gasteiger partial charge on any atom is -0.450 e. The minimum absolute atomic E-state index is 0.132. The summed E-state index contributed by atoms with van der Waals surface area (Å²) < 4.78 is 9.52. The van der Waals surface area contributed by atoms with Crippen LogP contribution in [0.15, 0.2) is 41.6 Å². The Hall–Kier alpha value is -3.90. The summed E-state index contributed by atoms with van der Waals surface area (Å²) >= 11 is 6.78. The summed E-state index contributed by atoms with van der Waals surface area (Å²) in [5.41, 5.74) is 9.00. The van der Waals surface area contributed by atoms with Gasteiger partial charge in [-0.1, -0.05) is 32.4 Å². The summed E-state index contributed by atoms with van der Waals surface area (Å²) in [6, 6.07) is 0.375. The highest BCUT2D eigenvalue weighted by molar-refractivity contribution is 6.36. The monoisotopic (exact) mass is 551 g/mol. The van der Waals surface area contributed by atoms with Crippen LogP contribution in [-0.2, 0) is 7.05 Å². The number of likely N-dealkylation sites (N-methyl/N-ethyl adjacent to an activating group) is 1. The SMILES string of the molecule is CNc1cn2ncc(Oc3cnc4nc(/N=C(N)\C=C(/N[C@@H]5CCN(C)C5)C(C)(C)C)n(C)c4c3Cl)c2cn1. The summed E-state index contributed by atoms with van der Waals surface area (Å²) in [4.78, 5) is 20.3. The van der Waals surface area contributed by atoms with Crippen LogP contribution in [0.25, 0.3) is 16.7 Å². The number of likely N-dealkylation sites (tertiary alicyclic amines) is 1. The molecule has 1 aliphatic rings. The van der Waals surface area contributed by atoms with E-state index in [9.17, 15) is 0 Å². The van der Waals surface area contributed by atoms with E-state index in [1.165, 1.54) is 6.20 Å². The average Bonchev–Trinajstić information content (AvgIpc) is 3.57. The summed E-state index contributed by atoms with van der Waals surface area (Å²) in [5, 5.41) is 11.3. The molecule has 13 heteroatoms. The molecule has 39 heavy (non-hydrogen) atoms. The largest absolute Gasteiger partial charge is 0.450 e. The number of ether oxygens (including phenoxy) is 1. The lowest BCUT2D eigenvalue weighted by Gasteiger charge is -2.27. The molecule has 0 aromatic carbocycles. The Labute approximate surface area is 231 Å². The van der Waals surface area contributed by atoms with Gasteiger partial charge >= 0.3 is 0 Å². The van der Waals surface area contributed by atoms with E-state index < -0.39 is 0 Å². The number of pyridine rings is 1. The Morgan fingerprint density at radius 2 is 2.00 bits per heavy atom. The zero-order valence-electron chi connectivity index (χ0n) is 23.0. The van der Waals surface area contributed by atoms with E-state index in [4.69, 9.17) is 22.1 Å². The maximum absolute atomic E-state index is 6.78. The van der Waals surface area contributed by atoms with Gasteiger partial charge in [-0.05, 0) is 26.1 Å². The number of fused-ring (bicyclic) bond motifs is 2. The van der Waals surface area contributed by atoms with Crippen molar-refractivity contribution in [3.8, 4) is 11.5 Å². The number of nitrogens with one attached hydrogen (secondary N) is 2. The van der Waals surface area contributed by atoms with Crippen LogP contribution < -0.4 is 21.1 Å². The highest BCUT2D eigenvalue weighted by Gasteiger charge is 2.25. The number of nitrogens with two attached hydrogens (primary N) is 1. The number of nitrogens with zero attached hydrogens (tertiary/aromatic N) is 8. The van der Waals surface area contributed by atoms with Crippen molar-refractivity contribution in [2.24, 2.45) is 23.2 Å². The van der Waals surface area contributed by atoms with Gasteiger partial charge in [-0.25, -0.2) is 14.5 Å². The number of anilines is 1. The predicted molar refractivity (Wildman–Crippen MR) is 154 cm³/mol. The second kappa shape index (κ2) is 10.3. The molecule has 0 unspecified atom stereocenters. The lowest BCUT2D eigenvalue weighted by molar-refractivity contribution is 0.388. The van der Waals surface area contributed by atoms with Crippen molar-refractivity contribution in [2.75, 3.05) is 32.5 Å². The number of aryl methyl sites for hydroxylation is 1. The third-order valence-electron chi connectivity index (χ3n) is 6.71. The number of aromatic nitrogens is 6. The van der Waals surface area contributed by atoms with E-state index in [1.54, 1.807) is 34.7 Å². The van der Waals surface area contributed by atoms with Crippen LogP contribution in [0.2, 0.25) is 5.02 Å². The molecule has 4 N–H and O–H groups in total. The van der Waals surface area contributed by atoms with Gasteiger partial charge in [0.2, 0.25) is 5.95 Å². The van der Waals surface area contributed by atoms with Crippen LogP contribution in [0.5, 0.6) is 11.5 Å². The number of imidazole rings is 1. The van der Waals surface area contributed by atoms with Crippen LogP contribution in [-0.4, -0.2) is 73.1 Å². The number of rotatable bonds is 7. The Balaban J connectivity index is 1.44. The number of hydrogen-bond donors (Lipinski definition) is 3. The molecule has 0 spiro atoms. The van der Waals surface area contributed by atoms with Gasteiger partial charge in [0.1, 0.15) is 27.7 Å². The van der Waals surface area contributed by atoms with Gasteiger partial charge in [-0.15, -0.1) is 0 Å². The highest BCUT2D eigenvalue weighted by atomic mass is 35.5. The molecule has 1 saturated heterocycles. The molecule has 0 aliphatic carbocycles. The van der Waals surface area contributed by atoms with E-state index >= 15 is 0 Å². The zero-order chi connectivity index (χ0) is 27.9. The molecule has 1 fully saturated rings. The van der Waals surface area contributed by atoms with Crippen LogP contribution >= 0.6 is 11.6 Å². The summed E-state index contributed by atoms with van der Waals surface area (Å²) in [7, 11) is 5.74. The molecular formula is C26H34ClN11O. The Kier molecular flexibility index (Phi) is 7.08. The smallest absolute Gasteiger partial charge is 0.233 e. The first-order chi connectivity index (χ1) is 18.5. The van der Waals surface area contributed by atoms with Crippen LogP contribution in [0.3, 0.4) is 0 Å². The maximum atomic E-state index is 6.78. The number of halogens is 1. The standard InChI is InChI=1S/C26H34ClN11O/c1-26(2,3)19(33-15-7-8-36(5)13-15)9-20(28)34-25-35-24-23(37(25)6)22(27)18(11-31-24)39-17-12-32-38-14-21(29-4)30-10-16(17)38/h9-12,14-15,29,33H,7-8,13H2,1-6H3,(H2,28,31,34,35)/b19-9-/t15-/m1/s1. The fourth-order valence-electron chi connectivity index (χ4n) is 4.50. The Morgan fingerprint density at radius 3 is 2.69 bits per heavy atom. The first kappa shape index (κ1) is 26.7. The van der Waals surface area contributed by atoms with Gasteiger partial charge in [0.15, 0.2) is 17.1 Å². The zero-order valence-corrected chi connectivity index (χ0v) is 23.8. The molecule has 0 radical (unpaired) electrons. The van der Waals surface area contributed by atoms with E-state index in [2.05, 4.69) is 68.4 Å². The lowest BCUT2D eigenvalue weighted by Crippen LogP contribution is -2.36. The molecule has 206 valence electrons. The topological polar surface area (TPSA) is 136 Å². The number of allylic oxidation sites excluding steroid dienone is 1. The number of amidine groups is 1. The van der Waals surface area contributed by atoms with E-state index in [-0.39, 0.29) is 5.41 Å². The number of aliphatic imine (C=N–C) groups is 1. The van der Waals surface area contributed by atoms with Crippen LogP contribution in [0.1, 0.15) is 27.2 Å². The van der Waals surface area contributed by atoms with Gasteiger partial charge in [0.05, 0.1) is 24.8 Å². The predicted octanol–water partition coefficient (Wildman–Crippen LogP) is 3.71. The molecule has 0 amide bonds. The molecule has 5 rings (SSSR count). The van der Waals surface area contributed by atoms with Crippen LogP contribution in [0, 0.1) is 5.41 Å². The van der Waals surface area contributed by atoms with Crippen molar-refractivity contribution < 1.29 is 4.74 Å². The summed E-state index contributed by atoms with van der Waals surface area (Å²) in [5.74, 6) is 2.28. The molecule has 1 aliphatic heterocycles. The van der Waals surface area contributed by atoms with Crippen molar-refractivity contribution in [2.45, 2.75) is 33.2 Å². The lowest BCUT2D eigenvalue weighted by atomic mass is 9.90. The highest BCUT2D eigenvalue weighted by Crippen LogP contribution is 2.37. The molecular weight excluding hydrogens is 518 g/mol. The Bertz CT molecular complexity index is 1580. The second-order valence-electron chi connectivity index (χ2n) is 10.8. The van der Waals surface area contributed by atoms with Crippen LogP contribution in [0.4, 0.5) is 11.8 Å².